The highest BCUT2D eigenvalue weighted by atomic mass is 16.8. The summed E-state index contributed by atoms with van der Waals surface area (Å²) in [5.41, 5.74) is 7.24. The Labute approximate surface area is 124 Å². The molecule has 114 valence electrons. The summed E-state index contributed by atoms with van der Waals surface area (Å²) in [4.78, 5) is 0. The first-order chi connectivity index (χ1) is 10.1. The molecule has 6 nitrogen and oxygen atoms in total. The molecule has 2 unspecified atom stereocenters. The Bertz CT molecular complexity index is 530. The second-order valence-electron chi connectivity index (χ2n) is 4.90. The number of anilines is 1. The largest absolute Gasteiger partial charge is 0.399 e. The zero-order valence-corrected chi connectivity index (χ0v) is 12.6. The van der Waals surface area contributed by atoms with E-state index in [2.05, 4.69) is 6.07 Å². The molecular formula is C15H20N2O4. The lowest BCUT2D eigenvalue weighted by Gasteiger charge is -2.61. The second-order valence-corrected chi connectivity index (χ2v) is 4.90. The zero-order valence-electron chi connectivity index (χ0n) is 12.6. The number of nitrogen functional groups attached to an aromatic ring is 1. The Morgan fingerprint density at radius 1 is 0.952 bits per heavy atom. The van der Waals surface area contributed by atoms with Crippen LogP contribution in [0.4, 0.5) is 5.69 Å². The lowest BCUT2D eigenvalue weighted by Crippen LogP contribution is -2.77. The molecular weight excluding hydrogens is 272 g/mol. The number of rotatable bonds is 5. The molecule has 0 radical (unpaired) electrons. The lowest BCUT2D eigenvalue weighted by molar-refractivity contribution is -0.464. The van der Waals surface area contributed by atoms with Crippen LogP contribution in [0.3, 0.4) is 0 Å². The maximum Gasteiger partial charge on any atom is 0.241 e. The van der Waals surface area contributed by atoms with Crippen LogP contribution in [0, 0.1) is 17.2 Å². The van der Waals surface area contributed by atoms with Crippen molar-refractivity contribution in [1.82, 2.24) is 0 Å². The summed E-state index contributed by atoms with van der Waals surface area (Å²) in [5, 5.41) is 9.55. The van der Waals surface area contributed by atoms with Crippen LogP contribution in [0.1, 0.15) is 11.5 Å². The van der Waals surface area contributed by atoms with E-state index in [4.69, 9.17) is 24.7 Å². The number of hydrogen-bond donors (Lipinski definition) is 1. The summed E-state index contributed by atoms with van der Waals surface area (Å²) in [5.74, 6) is -3.40. The van der Waals surface area contributed by atoms with Gasteiger partial charge in [-0.25, -0.2) is 0 Å². The standard InChI is InChI=1S/C15H20N2O4/c1-18-14(19-2)12(9-16)13(15(14,20-3)21-4)10-5-7-11(17)8-6-10/h5-8,12-13H,17H2,1-4H3. The fourth-order valence-corrected chi connectivity index (χ4v) is 3.29. The fraction of sp³-hybridized carbons (Fsp3) is 0.533. The van der Waals surface area contributed by atoms with E-state index in [0.717, 1.165) is 5.56 Å². The van der Waals surface area contributed by atoms with Crippen molar-refractivity contribution in [1.29, 1.82) is 5.26 Å². The Kier molecular flexibility index (Phi) is 4.21. The number of ether oxygens (including phenoxy) is 4. The number of benzene rings is 1. The maximum absolute atomic E-state index is 9.55. The van der Waals surface area contributed by atoms with E-state index in [0.29, 0.717) is 5.69 Å². The molecule has 0 aliphatic heterocycles. The molecule has 2 N–H and O–H groups in total. The van der Waals surface area contributed by atoms with E-state index >= 15 is 0 Å². The van der Waals surface area contributed by atoms with Crippen molar-refractivity contribution in [2.45, 2.75) is 17.5 Å². The molecule has 1 aromatic carbocycles. The Balaban J connectivity index is 2.54. The summed E-state index contributed by atoms with van der Waals surface area (Å²) in [7, 11) is 5.96. The van der Waals surface area contributed by atoms with Crippen LogP contribution in [0.5, 0.6) is 0 Å². The Morgan fingerprint density at radius 3 is 1.81 bits per heavy atom. The third kappa shape index (κ3) is 1.86. The van der Waals surface area contributed by atoms with Gasteiger partial charge in [-0.1, -0.05) is 12.1 Å². The topological polar surface area (TPSA) is 86.7 Å². The molecule has 0 heterocycles. The van der Waals surface area contributed by atoms with Gasteiger partial charge in [-0.2, -0.15) is 5.26 Å². The van der Waals surface area contributed by atoms with Crippen molar-refractivity contribution in [2.75, 3.05) is 34.2 Å². The molecule has 6 heteroatoms. The molecule has 0 spiro atoms. The first-order valence-corrected chi connectivity index (χ1v) is 6.52. The normalized spacial score (nSPS) is 25.9. The summed E-state index contributed by atoms with van der Waals surface area (Å²) in [6, 6.07) is 9.50. The van der Waals surface area contributed by atoms with Gasteiger partial charge in [-0.05, 0) is 17.7 Å². The number of nitrogens with zero attached hydrogens (tertiary/aromatic N) is 1. The highest BCUT2D eigenvalue weighted by Gasteiger charge is 2.77. The average molecular weight is 292 g/mol. The molecule has 1 aromatic rings. The van der Waals surface area contributed by atoms with E-state index in [9.17, 15) is 5.26 Å². The van der Waals surface area contributed by atoms with Crippen LogP contribution < -0.4 is 5.73 Å². The quantitative estimate of drug-likeness (QED) is 0.653. The van der Waals surface area contributed by atoms with Gasteiger partial charge in [0.25, 0.3) is 0 Å². The second kappa shape index (κ2) is 5.62. The molecule has 0 bridgehead atoms. The van der Waals surface area contributed by atoms with Crippen molar-refractivity contribution < 1.29 is 18.9 Å². The summed E-state index contributed by atoms with van der Waals surface area (Å²) >= 11 is 0. The molecule has 1 aliphatic carbocycles. The third-order valence-electron chi connectivity index (χ3n) is 4.29. The van der Waals surface area contributed by atoms with Gasteiger partial charge < -0.3 is 24.7 Å². The van der Waals surface area contributed by atoms with E-state index in [1.807, 2.05) is 12.1 Å². The van der Waals surface area contributed by atoms with Crippen LogP contribution in [0.25, 0.3) is 0 Å². The monoisotopic (exact) mass is 292 g/mol. The van der Waals surface area contributed by atoms with Crippen LogP contribution >= 0.6 is 0 Å². The zero-order chi connectivity index (χ0) is 15.7. The number of nitriles is 1. The smallest absolute Gasteiger partial charge is 0.241 e. The van der Waals surface area contributed by atoms with Crippen molar-refractivity contribution in [3.8, 4) is 6.07 Å². The minimum Gasteiger partial charge on any atom is -0.399 e. The Morgan fingerprint density at radius 2 is 1.43 bits per heavy atom. The molecule has 21 heavy (non-hydrogen) atoms. The highest BCUT2D eigenvalue weighted by molar-refractivity contribution is 5.44. The molecule has 1 saturated carbocycles. The third-order valence-corrected chi connectivity index (χ3v) is 4.29. The van der Waals surface area contributed by atoms with Gasteiger partial charge in [0, 0.05) is 34.1 Å². The van der Waals surface area contributed by atoms with Gasteiger partial charge in [0.05, 0.1) is 12.0 Å². The van der Waals surface area contributed by atoms with Crippen LogP contribution in [-0.2, 0) is 18.9 Å². The van der Waals surface area contributed by atoms with Gasteiger partial charge in [-0.15, -0.1) is 0 Å². The molecule has 0 aromatic heterocycles. The minimum absolute atomic E-state index is 0.349. The molecule has 1 aliphatic rings. The molecule has 2 atom stereocenters. The molecule has 0 saturated heterocycles. The fourth-order valence-electron chi connectivity index (χ4n) is 3.29. The summed E-state index contributed by atoms with van der Waals surface area (Å²) < 4.78 is 22.2. The predicted octanol–water partition coefficient (Wildman–Crippen LogP) is 1.48. The van der Waals surface area contributed by atoms with Crippen molar-refractivity contribution in [3.05, 3.63) is 29.8 Å². The minimum atomic E-state index is -1.28. The van der Waals surface area contributed by atoms with Gasteiger partial charge in [-0.3, -0.25) is 0 Å². The van der Waals surface area contributed by atoms with Crippen molar-refractivity contribution in [2.24, 2.45) is 5.92 Å². The van der Waals surface area contributed by atoms with Gasteiger partial charge in [0.2, 0.25) is 11.6 Å². The first-order valence-electron chi connectivity index (χ1n) is 6.52. The molecule has 1 fully saturated rings. The predicted molar refractivity (Wildman–Crippen MR) is 76.2 cm³/mol. The number of nitrogens with two attached hydrogens (primary N) is 1. The van der Waals surface area contributed by atoms with E-state index in [1.54, 1.807) is 12.1 Å². The molecule has 0 amide bonds. The SMILES string of the molecule is COC1(OC)C(C#N)C(c2ccc(N)cc2)C1(OC)OC. The molecule has 2 rings (SSSR count). The summed E-state index contributed by atoms with van der Waals surface area (Å²) in [6.07, 6.45) is 0. The first kappa shape index (κ1) is 15.7. The number of hydrogen-bond acceptors (Lipinski definition) is 6. The number of methoxy groups -OCH3 is 4. The van der Waals surface area contributed by atoms with Crippen LogP contribution in [-0.4, -0.2) is 40.0 Å². The average Bonchev–Trinajstić information content (AvgIpc) is 2.51. The Hall–Kier alpha value is -1.65. The van der Waals surface area contributed by atoms with E-state index < -0.39 is 17.5 Å². The summed E-state index contributed by atoms with van der Waals surface area (Å²) in [6.45, 7) is 0. The van der Waals surface area contributed by atoms with Crippen molar-refractivity contribution >= 4 is 5.69 Å². The van der Waals surface area contributed by atoms with Gasteiger partial charge >= 0.3 is 0 Å². The highest BCUT2D eigenvalue weighted by Crippen LogP contribution is 2.61. The van der Waals surface area contributed by atoms with E-state index in [-0.39, 0.29) is 5.92 Å². The van der Waals surface area contributed by atoms with Gasteiger partial charge in [0.1, 0.15) is 5.92 Å². The van der Waals surface area contributed by atoms with E-state index in [1.165, 1.54) is 28.4 Å². The maximum atomic E-state index is 9.55. The van der Waals surface area contributed by atoms with Crippen molar-refractivity contribution in [3.63, 3.8) is 0 Å². The van der Waals surface area contributed by atoms with Crippen LogP contribution in [0.15, 0.2) is 24.3 Å². The van der Waals surface area contributed by atoms with Gasteiger partial charge in [0.15, 0.2) is 0 Å². The van der Waals surface area contributed by atoms with Crippen LogP contribution in [0.2, 0.25) is 0 Å². The lowest BCUT2D eigenvalue weighted by atomic mass is 9.59.